The monoisotopic (exact) mass is 283 g/mol. The third-order valence-corrected chi connectivity index (χ3v) is 6.08. The Labute approximate surface area is 127 Å². The van der Waals surface area contributed by atoms with Gasteiger partial charge in [0.15, 0.2) is 5.96 Å². The largest absolute Gasteiger partial charge is 0.370 e. The first-order chi connectivity index (χ1) is 10.1. The lowest BCUT2D eigenvalue weighted by molar-refractivity contribution is 0.00163. The molecule has 0 unspecified atom stereocenters. The van der Waals surface area contributed by atoms with Gasteiger partial charge in [0, 0.05) is 11.2 Å². The Bertz CT molecular complexity index is 542. The average Bonchev–Trinajstić information content (AvgIpc) is 2.39. The van der Waals surface area contributed by atoms with Gasteiger partial charge in [0.2, 0.25) is 0 Å². The summed E-state index contributed by atoms with van der Waals surface area (Å²) < 4.78 is 0. The van der Waals surface area contributed by atoms with E-state index in [1.807, 2.05) is 0 Å². The highest BCUT2D eigenvalue weighted by Crippen LogP contribution is 2.58. The lowest BCUT2D eigenvalue weighted by Crippen LogP contribution is -2.63. The Hall–Kier alpha value is -1.51. The van der Waals surface area contributed by atoms with Crippen LogP contribution in [0.3, 0.4) is 0 Å². The molecule has 0 heterocycles. The van der Waals surface area contributed by atoms with Crippen molar-refractivity contribution in [1.29, 1.82) is 5.41 Å². The molecule has 0 radical (unpaired) electrons. The van der Waals surface area contributed by atoms with Crippen LogP contribution in [0.15, 0.2) is 24.3 Å². The lowest BCUT2D eigenvalue weighted by Gasteiger charge is -2.60. The van der Waals surface area contributed by atoms with Gasteiger partial charge in [0.1, 0.15) is 0 Å². The fraction of sp³-hybridized carbons (Fsp3) is 0.611. The highest BCUT2D eigenvalue weighted by atomic mass is 15.3. The van der Waals surface area contributed by atoms with E-state index in [9.17, 15) is 0 Å². The molecular formula is C18H25N3. The van der Waals surface area contributed by atoms with Gasteiger partial charge >= 0.3 is 0 Å². The van der Waals surface area contributed by atoms with Crippen LogP contribution in [0.4, 0.5) is 5.69 Å². The van der Waals surface area contributed by atoms with Crippen LogP contribution < -0.4 is 10.6 Å². The number of nitrogens with one attached hydrogen (secondary N) is 1. The zero-order chi connectivity index (χ0) is 14.6. The van der Waals surface area contributed by atoms with Crippen LogP contribution in [0.5, 0.6) is 0 Å². The summed E-state index contributed by atoms with van der Waals surface area (Å²) in [7, 11) is 0. The molecule has 4 saturated carbocycles. The molecule has 0 atom stereocenters. The first-order valence-electron chi connectivity index (χ1n) is 8.27. The SMILES string of the molecule is Cc1ccccc1N(C(=N)N)C12CC3CC(CC(C3)C1)C2. The normalized spacial score (nSPS) is 36.7. The Balaban J connectivity index is 1.78. The van der Waals surface area contributed by atoms with E-state index in [0.717, 1.165) is 23.4 Å². The molecule has 0 amide bonds. The molecule has 1 aromatic carbocycles. The molecule has 3 nitrogen and oxygen atoms in total. The number of nitrogens with two attached hydrogens (primary N) is 1. The Morgan fingerprint density at radius 1 is 1.10 bits per heavy atom. The van der Waals surface area contributed by atoms with Gasteiger partial charge in [-0.05, 0) is 74.8 Å². The van der Waals surface area contributed by atoms with Crippen molar-refractivity contribution in [3.05, 3.63) is 29.8 Å². The minimum atomic E-state index is 0.118. The first kappa shape index (κ1) is 13.2. The number of benzene rings is 1. The van der Waals surface area contributed by atoms with Crippen molar-refractivity contribution in [3.8, 4) is 0 Å². The fourth-order valence-corrected chi connectivity index (χ4v) is 5.79. The molecular weight excluding hydrogens is 258 g/mol. The van der Waals surface area contributed by atoms with Crippen molar-refractivity contribution in [2.24, 2.45) is 23.5 Å². The van der Waals surface area contributed by atoms with Crippen molar-refractivity contribution < 1.29 is 0 Å². The van der Waals surface area contributed by atoms with Crippen molar-refractivity contribution in [1.82, 2.24) is 0 Å². The first-order valence-corrected chi connectivity index (χ1v) is 8.27. The molecule has 3 N–H and O–H groups in total. The molecule has 0 aromatic heterocycles. The number of rotatable bonds is 2. The maximum Gasteiger partial charge on any atom is 0.193 e. The summed E-state index contributed by atoms with van der Waals surface area (Å²) in [6.07, 6.45) is 7.93. The summed E-state index contributed by atoms with van der Waals surface area (Å²) in [5, 5.41) is 8.22. The molecule has 21 heavy (non-hydrogen) atoms. The van der Waals surface area contributed by atoms with E-state index in [1.54, 1.807) is 0 Å². The van der Waals surface area contributed by atoms with Gasteiger partial charge in [0.25, 0.3) is 0 Å². The highest BCUT2D eigenvalue weighted by molar-refractivity contribution is 5.95. The molecule has 0 spiro atoms. The molecule has 4 fully saturated rings. The van der Waals surface area contributed by atoms with E-state index in [1.165, 1.54) is 44.1 Å². The number of hydrogen-bond acceptors (Lipinski definition) is 1. The Kier molecular flexibility index (Phi) is 2.82. The predicted molar refractivity (Wildman–Crippen MR) is 86.5 cm³/mol. The second-order valence-electron chi connectivity index (χ2n) is 7.65. The topological polar surface area (TPSA) is 53.1 Å². The van der Waals surface area contributed by atoms with Crippen LogP contribution >= 0.6 is 0 Å². The number of anilines is 1. The quantitative estimate of drug-likeness (QED) is 0.643. The van der Waals surface area contributed by atoms with Crippen LogP contribution in [0, 0.1) is 30.1 Å². The van der Waals surface area contributed by atoms with Gasteiger partial charge in [-0.25, -0.2) is 0 Å². The summed E-state index contributed by atoms with van der Waals surface area (Å²) in [6.45, 7) is 2.13. The van der Waals surface area contributed by atoms with Gasteiger partial charge < -0.3 is 10.6 Å². The van der Waals surface area contributed by atoms with E-state index < -0.39 is 0 Å². The van der Waals surface area contributed by atoms with E-state index >= 15 is 0 Å². The van der Waals surface area contributed by atoms with Gasteiger partial charge in [0.05, 0.1) is 0 Å². The lowest BCUT2D eigenvalue weighted by atomic mass is 9.52. The second kappa shape index (κ2) is 4.49. The summed E-state index contributed by atoms with van der Waals surface area (Å²) in [4.78, 5) is 2.19. The number of hydrogen-bond donors (Lipinski definition) is 2. The van der Waals surface area contributed by atoms with Crippen LogP contribution in [-0.2, 0) is 0 Å². The third-order valence-electron chi connectivity index (χ3n) is 6.08. The van der Waals surface area contributed by atoms with Crippen molar-refractivity contribution in [3.63, 3.8) is 0 Å². The van der Waals surface area contributed by atoms with Crippen LogP contribution in [0.25, 0.3) is 0 Å². The molecule has 112 valence electrons. The van der Waals surface area contributed by atoms with Gasteiger partial charge in [-0.15, -0.1) is 0 Å². The van der Waals surface area contributed by atoms with Crippen molar-refractivity contribution >= 4 is 11.6 Å². The fourth-order valence-electron chi connectivity index (χ4n) is 5.79. The number of nitrogens with zero attached hydrogens (tertiary/aromatic N) is 1. The Morgan fingerprint density at radius 3 is 2.10 bits per heavy atom. The maximum atomic E-state index is 8.22. The zero-order valence-corrected chi connectivity index (χ0v) is 12.8. The summed E-state index contributed by atoms with van der Waals surface area (Å²) in [5.41, 5.74) is 8.56. The summed E-state index contributed by atoms with van der Waals surface area (Å²) in [5.74, 6) is 2.82. The smallest absolute Gasteiger partial charge is 0.193 e. The second-order valence-corrected chi connectivity index (χ2v) is 7.65. The van der Waals surface area contributed by atoms with Crippen molar-refractivity contribution in [2.75, 3.05) is 4.90 Å². The summed E-state index contributed by atoms with van der Waals surface area (Å²) in [6, 6.07) is 8.40. The minimum absolute atomic E-state index is 0.118. The van der Waals surface area contributed by atoms with Crippen LogP contribution in [0.2, 0.25) is 0 Å². The third kappa shape index (κ3) is 1.97. The number of aryl methyl sites for hydroxylation is 1. The number of para-hydroxylation sites is 1. The Morgan fingerprint density at radius 2 is 1.62 bits per heavy atom. The molecule has 4 aliphatic carbocycles. The van der Waals surface area contributed by atoms with E-state index in [4.69, 9.17) is 11.1 Å². The van der Waals surface area contributed by atoms with E-state index in [0.29, 0.717) is 0 Å². The molecule has 0 saturated heterocycles. The average molecular weight is 283 g/mol. The zero-order valence-electron chi connectivity index (χ0n) is 12.8. The van der Waals surface area contributed by atoms with E-state index in [-0.39, 0.29) is 11.5 Å². The molecule has 3 heteroatoms. The van der Waals surface area contributed by atoms with Gasteiger partial charge in [-0.1, -0.05) is 18.2 Å². The maximum absolute atomic E-state index is 8.22. The van der Waals surface area contributed by atoms with Gasteiger partial charge in [-0.3, -0.25) is 5.41 Å². The van der Waals surface area contributed by atoms with Crippen molar-refractivity contribution in [2.45, 2.75) is 51.0 Å². The molecule has 0 aliphatic heterocycles. The molecule has 5 rings (SSSR count). The van der Waals surface area contributed by atoms with Crippen LogP contribution in [0.1, 0.15) is 44.1 Å². The van der Waals surface area contributed by atoms with Gasteiger partial charge in [-0.2, -0.15) is 0 Å². The standard InChI is InChI=1S/C18H25N3/c1-12-4-2-3-5-16(12)21(17(19)20)18-9-13-6-14(10-18)8-15(7-13)11-18/h2-5,13-15H,6-11H2,1H3,(H3,19,20). The minimum Gasteiger partial charge on any atom is -0.370 e. The predicted octanol–water partition coefficient (Wildman–Crippen LogP) is 3.66. The number of guanidine groups is 1. The molecule has 4 aliphatic rings. The molecule has 1 aromatic rings. The van der Waals surface area contributed by atoms with Crippen LogP contribution in [-0.4, -0.2) is 11.5 Å². The summed E-state index contributed by atoms with van der Waals surface area (Å²) >= 11 is 0. The van der Waals surface area contributed by atoms with E-state index in [2.05, 4.69) is 36.1 Å². The highest BCUT2D eigenvalue weighted by Gasteiger charge is 2.54. The molecule has 4 bridgehead atoms.